The third kappa shape index (κ3) is 2.94. The van der Waals surface area contributed by atoms with Gasteiger partial charge in [-0.3, -0.25) is 0 Å². The van der Waals surface area contributed by atoms with Crippen LogP contribution in [0.15, 0.2) is 24.3 Å². The van der Waals surface area contributed by atoms with Crippen LogP contribution in [0.1, 0.15) is 25.6 Å². The molecule has 0 bridgehead atoms. The molecule has 0 aliphatic carbocycles. The van der Waals surface area contributed by atoms with Gasteiger partial charge < -0.3 is 0 Å². The first-order valence-corrected chi connectivity index (χ1v) is 6.60. The van der Waals surface area contributed by atoms with E-state index in [4.69, 9.17) is 34.8 Å². The normalized spacial score (nSPS) is 11.0. The SMILES string of the molecule is CC(C)c1nc(Cl)cc(-c2ccc(Cl)c(Cl)c2)n1. The summed E-state index contributed by atoms with van der Waals surface area (Å²) in [4.78, 5) is 8.67. The fourth-order valence-electron chi connectivity index (χ4n) is 1.50. The second-order valence-electron chi connectivity index (χ2n) is 4.22. The minimum absolute atomic E-state index is 0.213. The average Bonchev–Trinajstić information content (AvgIpc) is 2.31. The molecule has 1 aromatic heterocycles. The van der Waals surface area contributed by atoms with E-state index < -0.39 is 0 Å². The second kappa shape index (κ2) is 5.43. The van der Waals surface area contributed by atoms with Gasteiger partial charge in [-0.2, -0.15) is 0 Å². The maximum Gasteiger partial charge on any atom is 0.133 e. The molecule has 94 valence electrons. The van der Waals surface area contributed by atoms with Gasteiger partial charge in [0.15, 0.2) is 0 Å². The molecule has 2 nitrogen and oxygen atoms in total. The first-order chi connectivity index (χ1) is 8.47. The van der Waals surface area contributed by atoms with Crippen molar-refractivity contribution in [1.29, 1.82) is 0 Å². The van der Waals surface area contributed by atoms with Crippen molar-refractivity contribution in [3.05, 3.63) is 45.3 Å². The number of hydrogen-bond donors (Lipinski definition) is 0. The Bertz CT molecular complexity index is 582. The van der Waals surface area contributed by atoms with Gasteiger partial charge in [0.2, 0.25) is 0 Å². The van der Waals surface area contributed by atoms with Crippen molar-refractivity contribution in [2.75, 3.05) is 0 Å². The fraction of sp³-hybridized carbons (Fsp3) is 0.231. The van der Waals surface area contributed by atoms with Gasteiger partial charge >= 0.3 is 0 Å². The molecule has 1 aromatic carbocycles. The van der Waals surface area contributed by atoms with Crippen LogP contribution in [0, 0.1) is 0 Å². The number of benzene rings is 1. The van der Waals surface area contributed by atoms with Gasteiger partial charge in [-0.1, -0.05) is 54.7 Å². The van der Waals surface area contributed by atoms with E-state index in [9.17, 15) is 0 Å². The molecule has 0 aliphatic heterocycles. The molecule has 0 saturated heterocycles. The number of hydrogen-bond acceptors (Lipinski definition) is 2. The third-order valence-corrected chi connectivity index (χ3v) is 3.38. The van der Waals surface area contributed by atoms with Crippen LogP contribution in [0.5, 0.6) is 0 Å². The van der Waals surface area contributed by atoms with Crippen molar-refractivity contribution in [3.8, 4) is 11.3 Å². The van der Waals surface area contributed by atoms with Crippen molar-refractivity contribution in [1.82, 2.24) is 9.97 Å². The number of nitrogens with zero attached hydrogens (tertiary/aromatic N) is 2. The standard InChI is InChI=1S/C13H11Cl3N2/c1-7(2)13-17-11(6-12(16)18-13)8-3-4-9(14)10(15)5-8/h3-7H,1-2H3. The quantitative estimate of drug-likeness (QED) is 0.710. The van der Waals surface area contributed by atoms with Crippen LogP contribution >= 0.6 is 34.8 Å². The fourth-order valence-corrected chi connectivity index (χ4v) is 1.98. The number of halogens is 3. The predicted molar refractivity (Wildman–Crippen MR) is 76.6 cm³/mol. The molecule has 0 aliphatic rings. The molecule has 0 radical (unpaired) electrons. The summed E-state index contributed by atoms with van der Waals surface area (Å²) in [5, 5.41) is 1.44. The molecule has 5 heteroatoms. The Morgan fingerprint density at radius 1 is 0.944 bits per heavy atom. The largest absolute Gasteiger partial charge is 0.233 e. The van der Waals surface area contributed by atoms with E-state index in [0.717, 1.165) is 11.3 Å². The van der Waals surface area contributed by atoms with Gasteiger partial charge in [-0.25, -0.2) is 9.97 Å². The first-order valence-electron chi connectivity index (χ1n) is 5.47. The molecule has 1 heterocycles. The molecule has 0 unspecified atom stereocenters. The van der Waals surface area contributed by atoms with Gasteiger partial charge in [0.05, 0.1) is 15.7 Å². The molecule has 2 rings (SSSR count). The third-order valence-electron chi connectivity index (χ3n) is 2.44. The monoisotopic (exact) mass is 300 g/mol. The molecule has 18 heavy (non-hydrogen) atoms. The summed E-state index contributed by atoms with van der Waals surface area (Å²) in [5.74, 6) is 0.925. The van der Waals surface area contributed by atoms with Gasteiger partial charge in [0, 0.05) is 17.5 Å². The zero-order valence-corrected chi connectivity index (χ0v) is 12.2. The van der Waals surface area contributed by atoms with Crippen molar-refractivity contribution < 1.29 is 0 Å². The van der Waals surface area contributed by atoms with E-state index in [2.05, 4.69) is 9.97 Å². The van der Waals surface area contributed by atoms with Crippen LogP contribution in [0.2, 0.25) is 15.2 Å². The second-order valence-corrected chi connectivity index (χ2v) is 5.42. The van der Waals surface area contributed by atoms with Gasteiger partial charge in [0.25, 0.3) is 0 Å². The van der Waals surface area contributed by atoms with Crippen molar-refractivity contribution in [3.63, 3.8) is 0 Å². The molecule has 0 saturated carbocycles. The van der Waals surface area contributed by atoms with E-state index in [-0.39, 0.29) is 5.92 Å². The van der Waals surface area contributed by atoms with Crippen LogP contribution in [0.3, 0.4) is 0 Å². The van der Waals surface area contributed by atoms with Crippen LogP contribution < -0.4 is 0 Å². The first kappa shape index (κ1) is 13.6. The van der Waals surface area contributed by atoms with Crippen molar-refractivity contribution in [2.45, 2.75) is 19.8 Å². The lowest BCUT2D eigenvalue weighted by atomic mass is 10.1. The Morgan fingerprint density at radius 3 is 2.28 bits per heavy atom. The van der Waals surface area contributed by atoms with Crippen molar-refractivity contribution in [2.24, 2.45) is 0 Å². The topological polar surface area (TPSA) is 25.8 Å². The Kier molecular flexibility index (Phi) is 4.10. The number of aromatic nitrogens is 2. The van der Waals surface area contributed by atoms with Gasteiger partial charge in [-0.05, 0) is 12.1 Å². The Labute approximate surface area is 121 Å². The lowest BCUT2D eigenvalue weighted by molar-refractivity contribution is 0.776. The molecular weight excluding hydrogens is 291 g/mol. The molecular formula is C13H11Cl3N2. The van der Waals surface area contributed by atoms with Crippen LogP contribution in [0.4, 0.5) is 0 Å². The summed E-state index contributed by atoms with van der Waals surface area (Å²) >= 11 is 17.9. The maximum absolute atomic E-state index is 6.00. The zero-order chi connectivity index (χ0) is 13.3. The van der Waals surface area contributed by atoms with Gasteiger partial charge in [-0.15, -0.1) is 0 Å². The van der Waals surface area contributed by atoms with E-state index in [0.29, 0.717) is 21.0 Å². The summed E-state index contributed by atoms with van der Waals surface area (Å²) in [6.07, 6.45) is 0. The minimum Gasteiger partial charge on any atom is -0.233 e. The Hall–Kier alpha value is -0.830. The van der Waals surface area contributed by atoms with E-state index in [1.807, 2.05) is 19.9 Å². The molecule has 2 aromatic rings. The van der Waals surface area contributed by atoms with Gasteiger partial charge in [0.1, 0.15) is 11.0 Å². The minimum atomic E-state index is 0.213. The lowest BCUT2D eigenvalue weighted by Crippen LogP contribution is -1.99. The summed E-state index contributed by atoms with van der Waals surface area (Å²) in [6, 6.07) is 7.08. The number of rotatable bonds is 2. The Morgan fingerprint density at radius 2 is 1.67 bits per heavy atom. The average molecular weight is 302 g/mol. The van der Waals surface area contributed by atoms with E-state index >= 15 is 0 Å². The van der Waals surface area contributed by atoms with E-state index in [1.54, 1.807) is 18.2 Å². The highest BCUT2D eigenvalue weighted by Gasteiger charge is 2.09. The predicted octanol–water partition coefficient (Wildman–Crippen LogP) is 5.23. The summed E-state index contributed by atoms with van der Waals surface area (Å²) in [6.45, 7) is 4.04. The highest BCUT2D eigenvalue weighted by atomic mass is 35.5. The van der Waals surface area contributed by atoms with Crippen LogP contribution in [-0.4, -0.2) is 9.97 Å². The maximum atomic E-state index is 6.00. The Balaban J connectivity index is 2.53. The highest BCUT2D eigenvalue weighted by Crippen LogP contribution is 2.29. The summed E-state index contributed by atoms with van der Waals surface area (Å²) in [7, 11) is 0. The highest BCUT2D eigenvalue weighted by molar-refractivity contribution is 6.42. The summed E-state index contributed by atoms with van der Waals surface area (Å²) in [5.41, 5.74) is 1.62. The van der Waals surface area contributed by atoms with E-state index in [1.165, 1.54) is 0 Å². The molecule has 0 amide bonds. The lowest BCUT2D eigenvalue weighted by Gasteiger charge is -2.08. The zero-order valence-electron chi connectivity index (χ0n) is 9.92. The molecule has 0 fully saturated rings. The molecule has 0 spiro atoms. The molecule has 0 atom stereocenters. The molecule has 0 N–H and O–H groups in total. The summed E-state index contributed by atoms with van der Waals surface area (Å²) < 4.78 is 0. The smallest absolute Gasteiger partial charge is 0.133 e. The van der Waals surface area contributed by atoms with Crippen molar-refractivity contribution >= 4 is 34.8 Å². The van der Waals surface area contributed by atoms with Crippen LogP contribution in [-0.2, 0) is 0 Å². The van der Waals surface area contributed by atoms with Crippen LogP contribution in [0.25, 0.3) is 11.3 Å².